The fourth-order valence-corrected chi connectivity index (χ4v) is 2.09. The molecule has 14 heavy (non-hydrogen) atoms. The van der Waals surface area contributed by atoms with E-state index in [0.29, 0.717) is 6.04 Å². The van der Waals surface area contributed by atoms with E-state index in [4.69, 9.17) is 4.74 Å². The fraction of sp³-hybridized carbons (Fsp3) is 1.00. The molecule has 2 rings (SSSR count). The van der Waals surface area contributed by atoms with Gasteiger partial charge in [-0.2, -0.15) is 0 Å². The molecule has 0 aliphatic carbocycles. The quantitative estimate of drug-likeness (QED) is 0.615. The first kappa shape index (κ1) is 10.4. The summed E-state index contributed by atoms with van der Waals surface area (Å²) >= 11 is 0. The van der Waals surface area contributed by atoms with Crippen LogP contribution in [0.3, 0.4) is 0 Å². The summed E-state index contributed by atoms with van der Waals surface area (Å²) < 4.78 is 5.34. The third kappa shape index (κ3) is 3.20. The molecule has 1 unspecified atom stereocenters. The van der Waals surface area contributed by atoms with Gasteiger partial charge in [0.1, 0.15) is 0 Å². The van der Waals surface area contributed by atoms with Gasteiger partial charge in [0.2, 0.25) is 0 Å². The van der Waals surface area contributed by atoms with Crippen LogP contribution in [0.5, 0.6) is 0 Å². The first-order valence-corrected chi connectivity index (χ1v) is 5.69. The Labute approximate surface area is 86.0 Å². The second-order valence-electron chi connectivity index (χ2n) is 4.12. The normalized spacial score (nSPS) is 31.3. The molecule has 2 N–H and O–H groups in total. The number of morpholine rings is 1. The second kappa shape index (κ2) is 5.66. The smallest absolute Gasteiger partial charge is 0.0594 e. The molecule has 2 aliphatic rings. The summed E-state index contributed by atoms with van der Waals surface area (Å²) in [6, 6.07) is 0.621. The largest absolute Gasteiger partial charge is 0.379 e. The van der Waals surface area contributed by atoms with Crippen molar-refractivity contribution in [2.75, 3.05) is 52.5 Å². The number of rotatable bonds is 2. The maximum absolute atomic E-state index is 5.34. The Morgan fingerprint density at radius 2 is 2.07 bits per heavy atom. The number of ether oxygens (including phenoxy) is 1. The summed E-state index contributed by atoms with van der Waals surface area (Å²) in [5.41, 5.74) is 0. The lowest BCUT2D eigenvalue weighted by atomic mass is 10.2. The summed E-state index contributed by atoms with van der Waals surface area (Å²) in [5.74, 6) is 0. The van der Waals surface area contributed by atoms with Crippen LogP contribution in [0.25, 0.3) is 0 Å². The topological polar surface area (TPSA) is 36.5 Å². The van der Waals surface area contributed by atoms with Gasteiger partial charge >= 0.3 is 0 Å². The standard InChI is InChI=1S/C10H21N3O/c1-2-11-8-10(12-3-1)9-13-4-6-14-7-5-13/h10-12H,1-9H2. The van der Waals surface area contributed by atoms with Crippen LogP contribution in [0.4, 0.5) is 0 Å². The summed E-state index contributed by atoms with van der Waals surface area (Å²) in [6.45, 7) is 8.58. The minimum absolute atomic E-state index is 0.621. The lowest BCUT2D eigenvalue weighted by Gasteiger charge is -2.30. The first-order valence-electron chi connectivity index (χ1n) is 5.69. The summed E-state index contributed by atoms with van der Waals surface area (Å²) in [6.07, 6.45) is 1.25. The zero-order valence-corrected chi connectivity index (χ0v) is 8.80. The number of nitrogens with zero attached hydrogens (tertiary/aromatic N) is 1. The zero-order chi connectivity index (χ0) is 9.64. The molecule has 82 valence electrons. The van der Waals surface area contributed by atoms with Crippen LogP contribution in [-0.4, -0.2) is 63.4 Å². The Bertz CT molecular complexity index is 151. The molecular weight excluding hydrogens is 178 g/mol. The molecule has 0 spiro atoms. The molecule has 2 saturated heterocycles. The van der Waals surface area contributed by atoms with Crippen molar-refractivity contribution in [3.05, 3.63) is 0 Å². The van der Waals surface area contributed by atoms with Crippen molar-refractivity contribution in [1.29, 1.82) is 0 Å². The Balaban J connectivity index is 1.71. The van der Waals surface area contributed by atoms with Gasteiger partial charge in [0.25, 0.3) is 0 Å². The third-order valence-electron chi connectivity index (χ3n) is 2.94. The van der Waals surface area contributed by atoms with Crippen molar-refractivity contribution >= 4 is 0 Å². The minimum Gasteiger partial charge on any atom is -0.379 e. The van der Waals surface area contributed by atoms with Crippen LogP contribution < -0.4 is 10.6 Å². The number of hydrogen-bond acceptors (Lipinski definition) is 4. The van der Waals surface area contributed by atoms with Gasteiger partial charge < -0.3 is 15.4 Å². The van der Waals surface area contributed by atoms with Gasteiger partial charge in [-0.05, 0) is 19.5 Å². The van der Waals surface area contributed by atoms with E-state index >= 15 is 0 Å². The molecule has 2 fully saturated rings. The van der Waals surface area contributed by atoms with Crippen molar-refractivity contribution in [3.8, 4) is 0 Å². The average Bonchev–Trinajstić information content (AvgIpc) is 2.48. The van der Waals surface area contributed by atoms with Gasteiger partial charge in [0.05, 0.1) is 13.2 Å². The maximum Gasteiger partial charge on any atom is 0.0594 e. The Hall–Kier alpha value is -0.160. The van der Waals surface area contributed by atoms with Crippen LogP contribution in [0.15, 0.2) is 0 Å². The Morgan fingerprint density at radius 1 is 1.21 bits per heavy atom. The highest BCUT2D eigenvalue weighted by molar-refractivity contribution is 4.78. The summed E-state index contributed by atoms with van der Waals surface area (Å²) in [5, 5.41) is 7.05. The first-order chi connectivity index (χ1) is 6.95. The molecule has 2 aliphatic heterocycles. The van der Waals surface area contributed by atoms with Crippen molar-refractivity contribution in [2.24, 2.45) is 0 Å². The van der Waals surface area contributed by atoms with E-state index in [-0.39, 0.29) is 0 Å². The van der Waals surface area contributed by atoms with Crippen LogP contribution >= 0.6 is 0 Å². The molecule has 0 amide bonds. The molecule has 2 heterocycles. The molecule has 0 radical (unpaired) electrons. The summed E-state index contributed by atoms with van der Waals surface area (Å²) in [4.78, 5) is 2.49. The second-order valence-corrected chi connectivity index (χ2v) is 4.12. The van der Waals surface area contributed by atoms with Crippen molar-refractivity contribution in [1.82, 2.24) is 15.5 Å². The van der Waals surface area contributed by atoms with Gasteiger partial charge in [-0.3, -0.25) is 4.90 Å². The molecule has 0 aromatic rings. The van der Waals surface area contributed by atoms with Crippen LogP contribution in [0, 0.1) is 0 Å². The molecule has 0 saturated carbocycles. The van der Waals surface area contributed by atoms with E-state index in [1.807, 2.05) is 0 Å². The zero-order valence-electron chi connectivity index (χ0n) is 8.80. The molecule has 0 aromatic carbocycles. The lowest BCUT2D eigenvalue weighted by molar-refractivity contribution is 0.0339. The Morgan fingerprint density at radius 3 is 2.93 bits per heavy atom. The fourth-order valence-electron chi connectivity index (χ4n) is 2.09. The molecule has 4 heteroatoms. The molecular formula is C10H21N3O. The maximum atomic E-state index is 5.34. The van der Waals surface area contributed by atoms with Gasteiger partial charge in [0, 0.05) is 32.2 Å². The molecule has 0 aromatic heterocycles. The molecule has 4 nitrogen and oxygen atoms in total. The van der Waals surface area contributed by atoms with Gasteiger partial charge in [-0.1, -0.05) is 0 Å². The SMILES string of the molecule is C1CNCC(CN2CCOCC2)NC1. The van der Waals surface area contributed by atoms with Crippen molar-refractivity contribution in [3.63, 3.8) is 0 Å². The highest BCUT2D eigenvalue weighted by atomic mass is 16.5. The minimum atomic E-state index is 0.621. The van der Waals surface area contributed by atoms with Gasteiger partial charge in [-0.25, -0.2) is 0 Å². The summed E-state index contributed by atoms with van der Waals surface area (Å²) in [7, 11) is 0. The van der Waals surface area contributed by atoms with Gasteiger partial charge in [0.15, 0.2) is 0 Å². The van der Waals surface area contributed by atoms with E-state index in [0.717, 1.165) is 52.5 Å². The highest BCUT2D eigenvalue weighted by Crippen LogP contribution is 1.99. The van der Waals surface area contributed by atoms with Crippen molar-refractivity contribution < 1.29 is 4.74 Å². The van der Waals surface area contributed by atoms with Crippen LogP contribution in [-0.2, 0) is 4.74 Å². The van der Waals surface area contributed by atoms with E-state index in [2.05, 4.69) is 15.5 Å². The average molecular weight is 199 g/mol. The van der Waals surface area contributed by atoms with Gasteiger partial charge in [-0.15, -0.1) is 0 Å². The van der Waals surface area contributed by atoms with E-state index in [1.54, 1.807) is 0 Å². The number of hydrogen-bond donors (Lipinski definition) is 2. The molecule has 0 bridgehead atoms. The lowest BCUT2D eigenvalue weighted by Crippen LogP contribution is -2.48. The number of nitrogens with one attached hydrogen (secondary N) is 2. The van der Waals surface area contributed by atoms with Crippen molar-refractivity contribution in [2.45, 2.75) is 12.5 Å². The van der Waals surface area contributed by atoms with E-state index < -0.39 is 0 Å². The highest BCUT2D eigenvalue weighted by Gasteiger charge is 2.17. The Kier molecular flexibility index (Phi) is 4.19. The predicted octanol–water partition coefficient (Wildman–Crippen LogP) is -0.730. The molecule has 1 atom stereocenters. The van der Waals surface area contributed by atoms with E-state index in [9.17, 15) is 0 Å². The predicted molar refractivity (Wildman–Crippen MR) is 56.5 cm³/mol. The van der Waals surface area contributed by atoms with Crippen LogP contribution in [0.1, 0.15) is 6.42 Å². The third-order valence-corrected chi connectivity index (χ3v) is 2.94. The monoisotopic (exact) mass is 199 g/mol. The van der Waals surface area contributed by atoms with Crippen LogP contribution in [0.2, 0.25) is 0 Å². The van der Waals surface area contributed by atoms with E-state index in [1.165, 1.54) is 6.42 Å².